The highest BCUT2D eigenvalue weighted by Crippen LogP contribution is 2.17. The SMILES string of the molecule is CSc1ccc(/C(CCCCCCn2ccnc2)=N\O)cc1. The van der Waals surface area contributed by atoms with Crippen molar-refractivity contribution in [2.24, 2.45) is 5.16 Å². The molecule has 0 atom stereocenters. The van der Waals surface area contributed by atoms with E-state index in [1.807, 2.05) is 30.9 Å². The quantitative estimate of drug-likeness (QED) is 0.245. The highest BCUT2D eigenvalue weighted by molar-refractivity contribution is 7.98. The van der Waals surface area contributed by atoms with Crippen LogP contribution in [0.15, 0.2) is 53.0 Å². The van der Waals surface area contributed by atoms with Gasteiger partial charge < -0.3 is 9.77 Å². The monoisotopic (exact) mass is 317 g/mol. The Kier molecular flexibility index (Phi) is 7.03. The molecule has 0 radical (unpaired) electrons. The molecule has 0 aliphatic carbocycles. The maximum absolute atomic E-state index is 9.21. The molecule has 2 rings (SSSR count). The number of aryl methyl sites for hydroxylation is 1. The molecule has 2 aromatic rings. The van der Waals surface area contributed by atoms with Gasteiger partial charge in [-0.25, -0.2) is 4.98 Å². The standard InChI is InChI=1S/C17H23N3OS/c1-22-16-9-7-15(8-10-16)17(19-21)6-4-2-3-5-12-20-13-11-18-14-20/h7-11,13-14,21H,2-6,12H2,1H3/b19-17-. The van der Waals surface area contributed by atoms with Crippen LogP contribution in [0.1, 0.15) is 37.7 Å². The Balaban J connectivity index is 1.67. The molecule has 0 spiro atoms. The van der Waals surface area contributed by atoms with Crippen molar-refractivity contribution in [2.75, 3.05) is 6.26 Å². The van der Waals surface area contributed by atoms with Crippen molar-refractivity contribution in [3.63, 3.8) is 0 Å². The van der Waals surface area contributed by atoms with Crippen LogP contribution in [0.4, 0.5) is 0 Å². The van der Waals surface area contributed by atoms with Gasteiger partial charge in [0, 0.05) is 23.8 Å². The molecule has 0 saturated heterocycles. The Morgan fingerprint density at radius 3 is 2.59 bits per heavy atom. The van der Waals surface area contributed by atoms with E-state index in [1.165, 1.54) is 11.3 Å². The number of unbranched alkanes of at least 4 members (excludes halogenated alkanes) is 3. The van der Waals surface area contributed by atoms with Gasteiger partial charge in [0.1, 0.15) is 0 Å². The molecule has 118 valence electrons. The van der Waals surface area contributed by atoms with Gasteiger partial charge in [-0.05, 0) is 43.2 Å². The first-order valence-electron chi connectivity index (χ1n) is 7.64. The lowest BCUT2D eigenvalue weighted by atomic mass is 10.0. The summed E-state index contributed by atoms with van der Waals surface area (Å²) >= 11 is 1.71. The average molecular weight is 317 g/mol. The predicted molar refractivity (Wildman–Crippen MR) is 91.9 cm³/mol. The molecule has 0 aliphatic heterocycles. The fourth-order valence-electron chi connectivity index (χ4n) is 2.39. The minimum Gasteiger partial charge on any atom is -0.411 e. The molecule has 1 aromatic carbocycles. The normalized spacial score (nSPS) is 11.8. The summed E-state index contributed by atoms with van der Waals surface area (Å²) in [5.74, 6) is 0. The molecule has 22 heavy (non-hydrogen) atoms. The second kappa shape index (κ2) is 9.30. The van der Waals surface area contributed by atoms with Crippen molar-refractivity contribution in [3.05, 3.63) is 48.5 Å². The van der Waals surface area contributed by atoms with Crippen LogP contribution in [0.25, 0.3) is 0 Å². The summed E-state index contributed by atoms with van der Waals surface area (Å²) in [6.45, 7) is 1.02. The number of thioether (sulfide) groups is 1. The Morgan fingerprint density at radius 1 is 1.18 bits per heavy atom. The highest BCUT2D eigenvalue weighted by Gasteiger charge is 2.04. The van der Waals surface area contributed by atoms with E-state index in [0.29, 0.717) is 0 Å². The minimum atomic E-state index is 0.780. The summed E-state index contributed by atoms with van der Waals surface area (Å²) < 4.78 is 2.11. The van der Waals surface area contributed by atoms with Gasteiger partial charge in [0.2, 0.25) is 0 Å². The molecular weight excluding hydrogens is 294 g/mol. The molecular formula is C17H23N3OS. The lowest BCUT2D eigenvalue weighted by Gasteiger charge is -2.06. The van der Waals surface area contributed by atoms with Crippen molar-refractivity contribution >= 4 is 17.5 Å². The molecule has 1 N–H and O–H groups in total. The van der Waals surface area contributed by atoms with Gasteiger partial charge in [-0.3, -0.25) is 0 Å². The van der Waals surface area contributed by atoms with Gasteiger partial charge in [-0.1, -0.05) is 30.1 Å². The maximum Gasteiger partial charge on any atom is 0.0945 e. The van der Waals surface area contributed by atoms with E-state index in [-0.39, 0.29) is 0 Å². The summed E-state index contributed by atoms with van der Waals surface area (Å²) in [6, 6.07) is 8.19. The van der Waals surface area contributed by atoms with Crippen molar-refractivity contribution in [1.82, 2.24) is 9.55 Å². The van der Waals surface area contributed by atoms with Crippen LogP contribution in [0.2, 0.25) is 0 Å². The predicted octanol–water partition coefficient (Wildman–Crippen LogP) is 4.43. The zero-order chi connectivity index (χ0) is 15.6. The number of imidazole rings is 1. The molecule has 0 fully saturated rings. The molecule has 0 aliphatic rings. The fourth-order valence-corrected chi connectivity index (χ4v) is 2.80. The van der Waals surface area contributed by atoms with E-state index in [4.69, 9.17) is 0 Å². The van der Waals surface area contributed by atoms with Gasteiger partial charge in [0.05, 0.1) is 12.0 Å². The van der Waals surface area contributed by atoms with E-state index in [1.54, 1.807) is 11.8 Å². The van der Waals surface area contributed by atoms with Crippen LogP contribution in [-0.2, 0) is 6.54 Å². The highest BCUT2D eigenvalue weighted by atomic mass is 32.2. The molecule has 1 aromatic heterocycles. The van der Waals surface area contributed by atoms with Crippen molar-refractivity contribution in [2.45, 2.75) is 43.5 Å². The summed E-state index contributed by atoms with van der Waals surface area (Å²) in [5, 5.41) is 12.7. The van der Waals surface area contributed by atoms with Crippen molar-refractivity contribution in [3.8, 4) is 0 Å². The van der Waals surface area contributed by atoms with E-state index in [9.17, 15) is 5.21 Å². The van der Waals surface area contributed by atoms with Crippen molar-refractivity contribution < 1.29 is 5.21 Å². The minimum absolute atomic E-state index is 0.780. The topological polar surface area (TPSA) is 50.4 Å². The van der Waals surface area contributed by atoms with Crippen LogP contribution in [0.3, 0.4) is 0 Å². The largest absolute Gasteiger partial charge is 0.411 e. The van der Waals surface area contributed by atoms with Gasteiger partial charge >= 0.3 is 0 Å². The van der Waals surface area contributed by atoms with Crippen LogP contribution in [0.5, 0.6) is 0 Å². The summed E-state index contributed by atoms with van der Waals surface area (Å²) in [5.41, 5.74) is 1.79. The maximum atomic E-state index is 9.21. The van der Waals surface area contributed by atoms with Crippen molar-refractivity contribution in [1.29, 1.82) is 0 Å². The third-order valence-electron chi connectivity index (χ3n) is 3.68. The number of benzene rings is 1. The zero-order valence-corrected chi connectivity index (χ0v) is 13.8. The Morgan fingerprint density at radius 2 is 1.95 bits per heavy atom. The fraction of sp³-hybridized carbons (Fsp3) is 0.412. The molecule has 4 nitrogen and oxygen atoms in total. The molecule has 0 unspecified atom stereocenters. The van der Waals surface area contributed by atoms with Gasteiger partial charge in [0.15, 0.2) is 0 Å². The smallest absolute Gasteiger partial charge is 0.0945 e. The summed E-state index contributed by atoms with van der Waals surface area (Å²) in [7, 11) is 0. The number of hydrogen-bond donors (Lipinski definition) is 1. The van der Waals surface area contributed by atoms with E-state index in [0.717, 1.165) is 43.5 Å². The Bertz CT molecular complexity index is 564. The van der Waals surface area contributed by atoms with Crippen LogP contribution in [0, 0.1) is 0 Å². The number of aromatic nitrogens is 2. The molecule has 5 heteroatoms. The van der Waals surface area contributed by atoms with Crippen LogP contribution >= 0.6 is 11.8 Å². The molecule has 0 amide bonds. The van der Waals surface area contributed by atoms with E-state index >= 15 is 0 Å². The first kappa shape index (κ1) is 16.6. The first-order chi connectivity index (χ1) is 10.8. The van der Waals surface area contributed by atoms with Gasteiger partial charge in [-0.15, -0.1) is 11.8 Å². The number of hydrogen-bond acceptors (Lipinski definition) is 4. The molecule has 0 saturated carbocycles. The summed E-state index contributed by atoms with van der Waals surface area (Å²) in [6.07, 6.45) is 13.1. The number of nitrogens with zero attached hydrogens (tertiary/aromatic N) is 3. The lowest BCUT2D eigenvalue weighted by Crippen LogP contribution is -2.01. The summed E-state index contributed by atoms with van der Waals surface area (Å²) in [4.78, 5) is 5.26. The van der Waals surface area contributed by atoms with E-state index in [2.05, 4.69) is 33.1 Å². The molecule has 1 heterocycles. The van der Waals surface area contributed by atoms with Gasteiger partial charge in [-0.2, -0.15) is 0 Å². The number of rotatable bonds is 9. The lowest BCUT2D eigenvalue weighted by molar-refractivity contribution is 0.317. The second-order valence-corrected chi connectivity index (χ2v) is 6.12. The molecule has 0 bridgehead atoms. The number of oxime groups is 1. The second-order valence-electron chi connectivity index (χ2n) is 5.24. The van der Waals surface area contributed by atoms with Crippen LogP contribution in [-0.4, -0.2) is 26.7 Å². The van der Waals surface area contributed by atoms with E-state index < -0.39 is 0 Å². The average Bonchev–Trinajstić information content (AvgIpc) is 3.08. The zero-order valence-electron chi connectivity index (χ0n) is 13.0. The Hall–Kier alpha value is -1.75. The first-order valence-corrected chi connectivity index (χ1v) is 8.87. The van der Waals surface area contributed by atoms with Crippen LogP contribution < -0.4 is 0 Å². The Labute approximate surface area is 136 Å². The third-order valence-corrected chi connectivity index (χ3v) is 4.43. The third kappa shape index (κ3) is 5.22. The van der Waals surface area contributed by atoms with Gasteiger partial charge in [0.25, 0.3) is 0 Å².